The number of para-hydroxylation sites is 1. The quantitative estimate of drug-likeness (QED) is 0.606. The number of rotatable bonds is 6. The minimum absolute atomic E-state index is 0.00376. The summed E-state index contributed by atoms with van der Waals surface area (Å²) in [5.74, 6) is 0.790. The second-order valence-corrected chi connectivity index (χ2v) is 7.81. The molecule has 1 aliphatic rings. The number of carbonyl (C=O) groups excluding carboxylic acids is 1. The maximum absolute atomic E-state index is 12.7. The van der Waals surface area contributed by atoms with Gasteiger partial charge in [0.15, 0.2) is 0 Å². The van der Waals surface area contributed by atoms with E-state index in [1.807, 2.05) is 54.6 Å². The molecule has 30 heavy (non-hydrogen) atoms. The van der Waals surface area contributed by atoms with Crippen molar-refractivity contribution < 1.29 is 9.53 Å². The predicted octanol–water partition coefficient (Wildman–Crippen LogP) is 5.36. The molecule has 0 aliphatic carbocycles. The molecular weight excluding hydrogens is 372 g/mol. The Labute approximate surface area is 178 Å². The first-order valence-corrected chi connectivity index (χ1v) is 10.6. The topological polar surface area (TPSA) is 41.6 Å². The summed E-state index contributed by atoms with van der Waals surface area (Å²) in [6.45, 7) is 3.94. The van der Waals surface area contributed by atoms with Gasteiger partial charge in [0.1, 0.15) is 12.4 Å². The third-order valence-corrected chi connectivity index (χ3v) is 5.48. The van der Waals surface area contributed by atoms with Crippen LogP contribution in [0.4, 0.5) is 11.4 Å². The summed E-state index contributed by atoms with van der Waals surface area (Å²) < 4.78 is 5.82. The van der Waals surface area contributed by atoms with Crippen LogP contribution in [0, 0.1) is 6.92 Å². The van der Waals surface area contributed by atoms with E-state index < -0.39 is 0 Å². The third-order valence-electron chi connectivity index (χ3n) is 5.48. The maximum Gasteiger partial charge on any atom is 0.243 e. The van der Waals surface area contributed by atoms with Crippen LogP contribution in [0.1, 0.15) is 29.5 Å². The van der Waals surface area contributed by atoms with Gasteiger partial charge >= 0.3 is 0 Å². The van der Waals surface area contributed by atoms with Crippen LogP contribution in [0.5, 0.6) is 5.75 Å². The van der Waals surface area contributed by atoms with Gasteiger partial charge in [-0.25, -0.2) is 0 Å². The molecule has 0 atom stereocenters. The predicted molar refractivity (Wildman–Crippen MR) is 122 cm³/mol. The number of hydrogen-bond acceptors (Lipinski definition) is 3. The number of nitrogens with zero attached hydrogens (tertiary/aromatic N) is 1. The van der Waals surface area contributed by atoms with Crippen molar-refractivity contribution in [2.75, 3.05) is 23.3 Å². The lowest BCUT2D eigenvalue weighted by molar-refractivity contribution is -0.115. The van der Waals surface area contributed by atoms with Gasteiger partial charge in [-0.2, -0.15) is 0 Å². The Balaban J connectivity index is 1.35. The fourth-order valence-corrected chi connectivity index (χ4v) is 4.01. The molecule has 0 aromatic heterocycles. The summed E-state index contributed by atoms with van der Waals surface area (Å²) in [6.07, 6.45) is 3.35. The SMILES string of the molecule is Cc1cccc2c1N(CC(=O)Nc1ccc(OCc3ccccc3)cc1)CCCC2. The van der Waals surface area contributed by atoms with Crippen molar-refractivity contribution in [3.05, 3.63) is 89.5 Å². The van der Waals surface area contributed by atoms with E-state index in [0.29, 0.717) is 13.2 Å². The first-order chi connectivity index (χ1) is 14.7. The molecular formula is C26H28N2O2. The highest BCUT2D eigenvalue weighted by Crippen LogP contribution is 2.29. The summed E-state index contributed by atoms with van der Waals surface area (Å²) in [5.41, 5.74) is 5.73. The summed E-state index contributed by atoms with van der Waals surface area (Å²) in [5, 5.41) is 3.02. The number of amides is 1. The Bertz CT molecular complexity index is 984. The summed E-state index contributed by atoms with van der Waals surface area (Å²) in [4.78, 5) is 15.0. The van der Waals surface area contributed by atoms with Gasteiger partial charge in [-0.15, -0.1) is 0 Å². The highest BCUT2D eigenvalue weighted by Gasteiger charge is 2.19. The van der Waals surface area contributed by atoms with E-state index >= 15 is 0 Å². The van der Waals surface area contributed by atoms with E-state index in [2.05, 4.69) is 35.3 Å². The van der Waals surface area contributed by atoms with Crippen LogP contribution in [0.2, 0.25) is 0 Å². The van der Waals surface area contributed by atoms with Crippen LogP contribution in [0.15, 0.2) is 72.8 Å². The van der Waals surface area contributed by atoms with Gasteiger partial charge in [0.25, 0.3) is 0 Å². The second kappa shape index (κ2) is 9.49. The molecule has 4 heteroatoms. The Morgan fingerprint density at radius 2 is 1.77 bits per heavy atom. The molecule has 1 amide bonds. The molecule has 0 unspecified atom stereocenters. The fourth-order valence-electron chi connectivity index (χ4n) is 4.01. The Morgan fingerprint density at radius 3 is 2.57 bits per heavy atom. The molecule has 0 radical (unpaired) electrons. The van der Waals surface area contributed by atoms with Crippen molar-refractivity contribution in [2.45, 2.75) is 32.8 Å². The van der Waals surface area contributed by atoms with Crippen LogP contribution >= 0.6 is 0 Å². The first kappa shape index (κ1) is 20.0. The number of nitrogens with one attached hydrogen (secondary N) is 1. The van der Waals surface area contributed by atoms with Gasteiger partial charge in [0, 0.05) is 17.9 Å². The average Bonchev–Trinajstić information content (AvgIpc) is 2.97. The van der Waals surface area contributed by atoms with Crippen LogP contribution in [0.3, 0.4) is 0 Å². The largest absolute Gasteiger partial charge is 0.489 e. The zero-order valence-electron chi connectivity index (χ0n) is 17.4. The van der Waals surface area contributed by atoms with Crippen LogP contribution in [0.25, 0.3) is 0 Å². The van der Waals surface area contributed by atoms with Crippen molar-refractivity contribution in [2.24, 2.45) is 0 Å². The molecule has 4 rings (SSSR count). The van der Waals surface area contributed by atoms with Crippen LogP contribution in [-0.2, 0) is 17.8 Å². The molecule has 4 nitrogen and oxygen atoms in total. The molecule has 0 fully saturated rings. The van der Waals surface area contributed by atoms with Crippen LogP contribution in [-0.4, -0.2) is 19.0 Å². The lowest BCUT2D eigenvalue weighted by Gasteiger charge is -2.26. The minimum atomic E-state index is 0.00376. The molecule has 1 heterocycles. The summed E-state index contributed by atoms with van der Waals surface area (Å²) in [7, 11) is 0. The van der Waals surface area contributed by atoms with Crippen molar-refractivity contribution in [1.82, 2.24) is 0 Å². The van der Waals surface area contributed by atoms with E-state index in [-0.39, 0.29) is 5.91 Å². The Kier molecular flexibility index (Phi) is 6.33. The number of aryl methyl sites for hydroxylation is 2. The van der Waals surface area contributed by atoms with E-state index in [4.69, 9.17) is 4.74 Å². The van der Waals surface area contributed by atoms with Crippen molar-refractivity contribution in [3.8, 4) is 5.75 Å². The molecule has 0 bridgehead atoms. The smallest absolute Gasteiger partial charge is 0.243 e. The number of anilines is 2. The molecule has 3 aromatic rings. The van der Waals surface area contributed by atoms with Crippen molar-refractivity contribution in [3.63, 3.8) is 0 Å². The molecule has 0 saturated carbocycles. The van der Waals surface area contributed by atoms with Gasteiger partial charge in [-0.05, 0) is 67.1 Å². The van der Waals surface area contributed by atoms with E-state index in [0.717, 1.165) is 36.4 Å². The fraction of sp³-hybridized carbons (Fsp3) is 0.269. The molecule has 154 valence electrons. The second-order valence-electron chi connectivity index (χ2n) is 7.81. The highest BCUT2D eigenvalue weighted by molar-refractivity contribution is 5.94. The van der Waals surface area contributed by atoms with E-state index in [9.17, 15) is 4.79 Å². The number of fused-ring (bicyclic) bond motifs is 1. The highest BCUT2D eigenvalue weighted by atomic mass is 16.5. The Morgan fingerprint density at radius 1 is 0.967 bits per heavy atom. The van der Waals surface area contributed by atoms with Gasteiger partial charge in [-0.3, -0.25) is 4.79 Å². The normalized spacial score (nSPS) is 13.3. The summed E-state index contributed by atoms with van der Waals surface area (Å²) in [6, 6.07) is 24.1. The van der Waals surface area contributed by atoms with E-state index in [1.165, 1.54) is 23.2 Å². The van der Waals surface area contributed by atoms with Crippen molar-refractivity contribution in [1.29, 1.82) is 0 Å². The standard InChI is InChI=1S/C26H28N2O2/c1-20-8-7-12-22-11-5-6-17-28(26(20)22)18-25(29)27-23-13-15-24(16-14-23)30-19-21-9-3-2-4-10-21/h2-4,7-10,12-16H,5-6,11,17-19H2,1H3,(H,27,29). The molecule has 0 saturated heterocycles. The van der Waals surface area contributed by atoms with E-state index in [1.54, 1.807) is 0 Å². The van der Waals surface area contributed by atoms with Gasteiger partial charge in [-0.1, -0.05) is 48.5 Å². The van der Waals surface area contributed by atoms with Gasteiger partial charge in [0.05, 0.1) is 6.54 Å². The maximum atomic E-state index is 12.7. The monoisotopic (exact) mass is 400 g/mol. The zero-order valence-corrected chi connectivity index (χ0v) is 17.4. The van der Waals surface area contributed by atoms with Gasteiger partial charge in [0.2, 0.25) is 5.91 Å². The summed E-state index contributed by atoms with van der Waals surface area (Å²) >= 11 is 0. The molecule has 1 aliphatic heterocycles. The molecule has 0 spiro atoms. The minimum Gasteiger partial charge on any atom is -0.489 e. The lowest BCUT2D eigenvalue weighted by Crippen LogP contribution is -2.34. The lowest BCUT2D eigenvalue weighted by atomic mass is 10.0. The third kappa shape index (κ3) is 5.01. The number of hydrogen-bond donors (Lipinski definition) is 1. The molecule has 1 N–H and O–H groups in total. The zero-order chi connectivity index (χ0) is 20.8. The molecule has 3 aromatic carbocycles. The number of carbonyl (C=O) groups is 1. The number of benzene rings is 3. The van der Waals surface area contributed by atoms with Crippen LogP contribution < -0.4 is 15.0 Å². The van der Waals surface area contributed by atoms with Crippen molar-refractivity contribution >= 4 is 17.3 Å². The number of ether oxygens (including phenoxy) is 1. The first-order valence-electron chi connectivity index (χ1n) is 10.6. The Hall–Kier alpha value is -3.27. The van der Waals surface area contributed by atoms with Gasteiger partial charge < -0.3 is 15.0 Å². The average molecular weight is 401 g/mol.